The van der Waals surface area contributed by atoms with Crippen LogP contribution in [0.2, 0.25) is 5.02 Å². The Morgan fingerprint density at radius 1 is 1.45 bits per heavy atom. The number of carbonyl (C=O) groups is 1. The first kappa shape index (κ1) is 14.8. The van der Waals surface area contributed by atoms with Crippen molar-refractivity contribution in [1.29, 1.82) is 0 Å². The number of halogens is 1. The van der Waals surface area contributed by atoms with Crippen LogP contribution >= 0.6 is 11.6 Å². The predicted molar refractivity (Wildman–Crippen MR) is 83.1 cm³/mol. The van der Waals surface area contributed by atoms with Crippen LogP contribution in [0.4, 0.5) is 5.69 Å². The molecule has 4 nitrogen and oxygen atoms in total. The number of hydrogen-bond acceptors (Lipinski definition) is 3. The van der Waals surface area contributed by atoms with Crippen molar-refractivity contribution in [2.24, 2.45) is 0 Å². The fourth-order valence-electron chi connectivity index (χ4n) is 2.15. The van der Waals surface area contributed by atoms with Crippen molar-refractivity contribution in [2.75, 3.05) is 11.9 Å². The smallest absolute Gasteiger partial charge is 0.225 e. The number of pyridine rings is 1. The van der Waals surface area contributed by atoms with Crippen molar-refractivity contribution < 1.29 is 4.79 Å². The molecule has 1 amide bonds. The minimum Gasteiger partial charge on any atom is -0.324 e. The normalized spacial score (nSPS) is 12.3. The van der Waals surface area contributed by atoms with Gasteiger partial charge in [0.05, 0.1) is 11.2 Å². The van der Waals surface area contributed by atoms with E-state index in [9.17, 15) is 4.79 Å². The molecule has 106 valence electrons. The first-order valence-electron chi connectivity index (χ1n) is 6.67. The molecule has 0 spiro atoms. The molecule has 1 aromatic carbocycles. The number of carbonyl (C=O) groups excluding carboxylic acids is 1. The number of rotatable bonds is 5. The summed E-state index contributed by atoms with van der Waals surface area (Å²) < 4.78 is 0. The Hall–Kier alpha value is -1.65. The summed E-state index contributed by atoms with van der Waals surface area (Å²) in [7, 11) is 0. The van der Waals surface area contributed by atoms with Crippen LogP contribution in [0.1, 0.15) is 20.3 Å². The average Bonchev–Trinajstić information content (AvgIpc) is 2.38. The molecule has 0 aliphatic rings. The highest BCUT2D eigenvalue weighted by molar-refractivity contribution is 6.32. The Morgan fingerprint density at radius 2 is 2.25 bits per heavy atom. The van der Waals surface area contributed by atoms with Gasteiger partial charge in [-0.05, 0) is 31.7 Å². The van der Waals surface area contributed by atoms with Crippen molar-refractivity contribution in [3.8, 4) is 0 Å². The minimum atomic E-state index is -0.0485. The fraction of sp³-hybridized carbons (Fsp3) is 0.333. The van der Waals surface area contributed by atoms with Crippen LogP contribution in [0.15, 0.2) is 30.5 Å². The molecule has 1 heterocycles. The highest BCUT2D eigenvalue weighted by Gasteiger charge is 2.11. The molecule has 1 unspecified atom stereocenters. The van der Waals surface area contributed by atoms with Gasteiger partial charge in [-0.1, -0.05) is 24.6 Å². The van der Waals surface area contributed by atoms with E-state index in [0.29, 0.717) is 17.1 Å². The lowest BCUT2D eigenvalue weighted by Gasteiger charge is -2.13. The molecule has 0 saturated carbocycles. The number of fused-ring (bicyclic) bond motifs is 1. The number of amides is 1. The zero-order valence-electron chi connectivity index (χ0n) is 11.6. The van der Waals surface area contributed by atoms with Gasteiger partial charge in [0.2, 0.25) is 5.91 Å². The Balaban J connectivity index is 2.19. The summed E-state index contributed by atoms with van der Waals surface area (Å²) in [6.07, 6.45) is 2.11. The van der Waals surface area contributed by atoms with Gasteiger partial charge < -0.3 is 10.6 Å². The second-order valence-electron chi connectivity index (χ2n) is 4.74. The van der Waals surface area contributed by atoms with Gasteiger partial charge in [-0.3, -0.25) is 9.78 Å². The summed E-state index contributed by atoms with van der Waals surface area (Å²) in [5.74, 6) is -0.0485. The van der Waals surface area contributed by atoms with E-state index in [2.05, 4.69) is 15.6 Å². The second-order valence-corrected chi connectivity index (χ2v) is 5.18. The topological polar surface area (TPSA) is 54.0 Å². The van der Waals surface area contributed by atoms with Crippen molar-refractivity contribution in [1.82, 2.24) is 10.3 Å². The molecule has 5 heteroatoms. The lowest BCUT2D eigenvalue weighted by atomic mass is 10.1. The average molecular weight is 292 g/mol. The highest BCUT2D eigenvalue weighted by atomic mass is 35.5. The molecule has 0 bridgehead atoms. The van der Waals surface area contributed by atoms with Crippen LogP contribution in [0, 0.1) is 0 Å². The third-order valence-corrected chi connectivity index (χ3v) is 3.21. The van der Waals surface area contributed by atoms with Crippen molar-refractivity contribution in [3.63, 3.8) is 0 Å². The van der Waals surface area contributed by atoms with E-state index in [1.54, 1.807) is 12.3 Å². The summed E-state index contributed by atoms with van der Waals surface area (Å²) in [6, 6.07) is 7.47. The molecule has 0 radical (unpaired) electrons. The number of nitrogens with zero attached hydrogens (tertiary/aromatic N) is 1. The molecule has 2 rings (SSSR count). The molecule has 0 aliphatic carbocycles. The third kappa shape index (κ3) is 3.68. The van der Waals surface area contributed by atoms with Crippen molar-refractivity contribution >= 4 is 34.1 Å². The van der Waals surface area contributed by atoms with Crippen LogP contribution in [-0.2, 0) is 4.79 Å². The van der Waals surface area contributed by atoms with E-state index in [-0.39, 0.29) is 11.9 Å². The molecular weight excluding hydrogens is 274 g/mol. The quantitative estimate of drug-likeness (QED) is 0.889. The summed E-state index contributed by atoms with van der Waals surface area (Å²) >= 11 is 6.07. The van der Waals surface area contributed by atoms with E-state index in [4.69, 9.17) is 11.6 Å². The van der Waals surface area contributed by atoms with E-state index < -0.39 is 0 Å². The van der Waals surface area contributed by atoms with Gasteiger partial charge in [-0.25, -0.2) is 0 Å². The molecule has 2 N–H and O–H groups in total. The Labute approximate surface area is 123 Å². The fourth-order valence-corrected chi connectivity index (χ4v) is 2.38. The van der Waals surface area contributed by atoms with E-state index >= 15 is 0 Å². The van der Waals surface area contributed by atoms with E-state index in [1.807, 2.05) is 32.0 Å². The minimum absolute atomic E-state index is 0.0485. The monoisotopic (exact) mass is 291 g/mol. The van der Waals surface area contributed by atoms with Crippen LogP contribution in [0.25, 0.3) is 10.9 Å². The zero-order valence-corrected chi connectivity index (χ0v) is 12.4. The van der Waals surface area contributed by atoms with Gasteiger partial charge in [0.15, 0.2) is 0 Å². The number of nitrogens with one attached hydrogen (secondary N) is 2. The molecular formula is C15H18ClN3O. The second kappa shape index (κ2) is 6.68. The number of anilines is 1. The lowest BCUT2D eigenvalue weighted by molar-refractivity contribution is -0.116. The van der Waals surface area contributed by atoms with Gasteiger partial charge in [-0.2, -0.15) is 0 Å². The van der Waals surface area contributed by atoms with Crippen molar-refractivity contribution in [2.45, 2.75) is 26.3 Å². The van der Waals surface area contributed by atoms with E-state index in [0.717, 1.165) is 17.4 Å². The van der Waals surface area contributed by atoms with Gasteiger partial charge >= 0.3 is 0 Å². The number of aromatic nitrogens is 1. The summed E-state index contributed by atoms with van der Waals surface area (Å²) in [5.41, 5.74) is 1.41. The van der Waals surface area contributed by atoms with Gasteiger partial charge in [0.1, 0.15) is 0 Å². The van der Waals surface area contributed by atoms with Gasteiger partial charge in [0.25, 0.3) is 0 Å². The first-order chi connectivity index (χ1) is 9.60. The molecule has 0 aliphatic heterocycles. The molecule has 0 fully saturated rings. The van der Waals surface area contributed by atoms with Crippen LogP contribution in [0.5, 0.6) is 0 Å². The number of hydrogen-bond donors (Lipinski definition) is 2. The summed E-state index contributed by atoms with van der Waals surface area (Å²) in [4.78, 5) is 16.3. The maximum Gasteiger partial charge on any atom is 0.225 e. The Kier molecular flexibility index (Phi) is 4.93. The maximum absolute atomic E-state index is 12.0. The Bertz CT molecular complexity index is 615. The SMILES string of the molecule is CCNC(C)CC(=O)Nc1cc(Cl)cc2cccnc12. The first-order valence-corrected chi connectivity index (χ1v) is 7.05. The molecule has 0 saturated heterocycles. The predicted octanol–water partition coefficient (Wildman–Crippen LogP) is 3.21. The van der Waals surface area contributed by atoms with Crippen molar-refractivity contribution in [3.05, 3.63) is 35.5 Å². The molecule has 1 atom stereocenters. The van der Waals surface area contributed by atoms with Gasteiger partial charge in [0, 0.05) is 29.1 Å². The number of benzene rings is 1. The van der Waals surface area contributed by atoms with Gasteiger partial charge in [-0.15, -0.1) is 0 Å². The molecule has 20 heavy (non-hydrogen) atoms. The van der Waals surface area contributed by atoms with Crippen LogP contribution in [-0.4, -0.2) is 23.5 Å². The maximum atomic E-state index is 12.0. The third-order valence-electron chi connectivity index (χ3n) is 2.99. The molecule has 2 aromatic rings. The lowest BCUT2D eigenvalue weighted by Crippen LogP contribution is -2.30. The molecule has 1 aromatic heterocycles. The van der Waals surface area contributed by atoms with E-state index in [1.165, 1.54) is 0 Å². The Morgan fingerprint density at radius 3 is 3.00 bits per heavy atom. The standard InChI is InChI=1S/C15H18ClN3O/c1-3-17-10(2)7-14(20)19-13-9-12(16)8-11-5-4-6-18-15(11)13/h4-6,8-10,17H,3,7H2,1-2H3,(H,19,20). The van der Waals surface area contributed by atoms with Crippen LogP contribution < -0.4 is 10.6 Å². The highest BCUT2D eigenvalue weighted by Crippen LogP contribution is 2.26. The summed E-state index contributed by atoms with van der Waals surface area (Å²) in [5, 5.41) is 7.59. The summed E-state index contributed by atoms with van der Waals surface area (Å²) in [6.45, 7) is 4.84. The van der Waals surface area contributed by atoms with Crippen LogP contribution in [0.3, 0.4) is 0 Å². The largest absolute Gasteiger partial charge is 0.324 e. The zero-order chi connectivity index (χ0) is 14.5.